The molecule has 0 unspecified atom stereocenters. The molecule has 0 saturated carbocycles. The molecule has 1 fully saturated rings. The summed E-state index contributed by atoms with van der Waals surface area (Å²) in [6.07, 6.45) is 11.4. The number of hydrogen-bond donors (Lipinski definition) is 1. The summed E-state index contributed by atoms with van der Waals surface area (Å²) in [4.78, 5) is 27.1. The number of amides is 1. The van der Waals surface area contributed by atoms with Crippen LogP contribution in [0.25, 0.3) is 11.1 Å². The highest BCUT2D eigenvalue weighted by Gasteiger charge is 2.21. The van der Waals surface area contributed by atoms with E-state index in [0.29, 0.717) is 37.3 Å². The average molecular weight is 458 g/mol. The Labute approximate surface area is 200 Å². The molecule has 1 aromatic heterocycles. The van der Waals surface area contributed by atoms with Gasteiger partial charge in [0.25, 0.3) is 0 Å². The van der Waals surface area contributed by atoms with Crippen LogP contribution >= 0.6 is 0 Å². The summed E-state index contributed by atoms with van der Waals surface area (Å²) in [5.41, 5.74) is 6.32. The number of H-pyrrole nitrogens is 1. The Hall–Kier alpha value is -3.41. The van der Waals surface area contributed by atoms with E-state index >= 15 is 0 Å². The second-order valence-corrected chi connectivity index (χ2v) is 9.29. The van der Waals surface area contributed by atoms with Gasteiger partial charge >= 0.3 is 0 Å². The number of aromatic amines is 1. The van der Waals surface area contributed by atoms with Crippen molar-refractivity contribution in [1.29, 1.82) is 0 Å². The van der Waals surface area contributed by atoms with Gasteiger partial charge in [-0.1, -0.05) is 30.7 Å². The number of carbonyl (C=O) groups is 2. The Morgan fingerprint density at radius 1 is 0.971 bits per heavy atom. The summed E-state index contributed by atoms with van der Waals surface area (Å²) in [5.74, 6) is 0.778. The quantitative estimate of drug-likeness (QED) is 0.390. The van der Waals surface area contributed by atoms with E-state index in [4.69, 9.17) is 4.74 Å². The van der Waals surface area contributed by atoms with Crippen LogP contribution in [0.1, 0.15) is 59.2 Å². The number of likely N-dealkylation sites (tertiary alicyclic amines) is 1. The highest BCUT2D eigenvalue weighted by atomic mass is 16.5. The minimum Gasteiger partial charge on any atom is -0.491 e. The van der Waals surface area contributed by atoms with Gasteiger partial charge in [-0.25, -0.2) is 0 Å². The summed E-state index contributed by atoms with van der Waals surface area (Å²) in [6, 6.07) is 12.2. The van der Waals surface area contributed by atoms with E-state index in [0.717, 1.165) is 42.5 Å². The number of nitrogens with one attached hydrogen (secondary N) is 1. The van der Waals surface area contributed by atoms with E-state index in [2.05, 4.69) is 28.4 Å². The summed E-state index contributed by atoms with van der Waals surface area (Å²) in [6.45, 7) is 1.67. The fraction of sp³-hybridized carbons (Fsp3) is 0.393. The zero-order valence-electron chi connectivity index (χ0n) is 19.5. The predicted octanol–water partition coefficient (Wildman–Crippen LogP) is 4.77. The maximum absolute atomic E-state index is 13.4. The lowest BCUT2D eigenvalue weighted by Crippen LogP contribution is -2.29. The van der Waals surface area contributed by atoms with Crippen molar-refractivity contribution in [3.63, 3.8) is 0 Å². The molecular formula is C28H31N3O3. The molecule has 2 aliphatic rings. The lowest BCUT2D eigenvalue weighted by molar-refractivity contribution is -0.128. The lowest BCUT2D eigenvalue weighted by Gasteiger charge is -2.17. The van der Waals surface area contributed by atoms with Crippen molar-refractivity contribution in [2.75, 3.05) is 19.7 Å². The summed E-state index contributed by atoms with van der Waals surface area (Å²) in [5, 5.41) is 6.86. The first-order valence-electron chi connectivity index (χ1n) is 12.3. The Morgan fingerprint density at radius 3 is 2.65 bits per heavy atom. The highest BCUT2D eigenvalue weighted by Crippen LogP contribution is 2.29. The number of rotatable bonds is 8. The number of nitrogens with zero attached hydrogens (tertiary/aromatic N) is 2. The molecule has 1 aliphatic heterocycles. The second kappa shape index (κ2) is 10.2. The van der Waals surface area contributed by atoms with Crippen molar-refractivity contribution in [3.8, 4) is 16.9 Å². The number of hydrogen-bond acceptors (Lipinski definition) is 4. The first-order chi connectivity index (χ1) is 16.7. The molecular weight excluding hydrogens is 426 g/mol. The van der Waals surface area contributed by atoms with E-state index in [1.165, 1.54) is 30.4 Å². The number of benzene rings is 2. The maximum atomic E-state index is 13.4. The van der Waals surface area contributed by atoms with Gasteiger partial charge in [-0.3, -0.25) is 14.7 Å². The largest absolute Gasteiger partial charge is 0.491 e. The Kier molecular flexibility index (Phi) is 6.74. The molecule has 0 spiro atoms. The van der Waals surface area contributed by atoms with Gasteiger partial charge in [-0.15, -0.1) is 0 Å². The third-order valence-corrected chi connectivity index (χ3v) is 6.93. The molecule has 176 valence electrons. The standard InChI is InChI=1S/C28H31N3O3/c32-26(16-20-8-9-21-5-2-1-3-6-22(21)15-20)25-11-10-23(24-18-29-30-19-24)17-27(25)34-14-13-31-12-4-7-28(31)33/h8-11,15,17-19H,1-7,12-14,16H2,(H,29,30). The first kappa shape index (κ1) is 22.4. The van der Waals surface area contributed by atoms with Crippen LogP contribution in [0, 0.1) is 0 Å². The van der Waals surface area contributed by atoms with E-state index < -0.39 is 0 Å². The Balaban J connectivity index is 1.35. The topological polar surface area (TPSA) is 75.3 Å². The van der Waals surface area contributed by atoms with E-state index in [9.17, 15) is 9.59 Å². The summed E-state index contributed by atoms with van der Waals surface area (Å²) < 4.78 is 6.11. The predicted molar refractivity (Wildman–Crippen MR) is 131 cm³/mol. The smallest absolute Gasteiger partial charge is 0.222 e. The van der Waals surface area contributed by atoms with Gasteiger partial charge in [0, 0.05) is 31.1 Å². The van der Waals surface area contributed by atoms with Crippen LogP contribution in [0.5, 0.6) is 5.75 Å². The van der Waals surface area contributed by atoms with E-state index in [1.54, 1.807) is 6.20 Å². The summed E-state index contributed by atoms with van der Waals surface area (Å²) in [7, 11) is 0. The van der Waals surface area contributed by atoms with Crippen LogP contribution in [0.3, 0.4) is 0 Å². The van der Waals surface area contributed by atoms with Crippen molar-refractivity contribution in [1.82, 2.24) is 15.1 Å². The number of aromatic nitrogens is 2. The molecule has 3 aromatic rings. The van der Waals surface area contributed by atoms with E-state index in [1.807, 2.05) is 29.3 Å². The molecule has 6 heteroatoms. The molecule has 2 heterocycles. The minimum atomic E-state index is 0.0413. The molecule has 2 aromatic carbocycles. The van der Waals surface area contributed by atoms with Gasteiger partial charge in [0.15, 0.2) is 5.78 Å². The van der Waals surface area contributed by atoms with Gasteiger partial charge in [-0.2, -0.15) is 5.10 Å². The first-order valence-corrected chi connectivity index (χ1v) is 12.3. The Morgan fingerprint density at radius 2 is 1.85 bits per heavy atom. The molecule has 0 bridgehead atoms. The SMILES string of the molecule is O=C(Cc1ccc2c(c1)CCCCC2)c1ccc(-c2cn[nH]c2)cc1OCCN1CCCC1=O. The van der Waals surface area contributed by atoms with Crippen LogP contribution < -0.4 is 4.74 Å². The van der Waals surface area contributed by atoms with Crippen LogP contribution in [-0.4, -0.2) is 46.5 Å². The van der Waals surface area contributed by atoms with Crippen molar-refractivity contribution in [2.45, 2.75) is 51.4 Å². The molecule has 5 rings (SSSR count). The number of aryl methyl sites for hydroxylation is 2. The third kappa shape index (κ3) is 5.06. The zero-order valence-corrected chi connectivity index (χ0v) is 19.5. The summed E-state index contributed by atoms with van der Waals surface area (Å²) >= 11 is 0. The fourth-order valence-corrected chi connectivity index (χ4v) is 5.02. The van der Waals surface area contributed by atoms with Gasteiger partial charge in [0.05, 0.1) is 18.3 Å². The van der Waals surface area contributed by atoms with Gasteiger partial charge in [-0.05, 0) is 66.5 Å². The van der Waals surface area contributed by atoms with Gasteiger partial charge in [0.1, 0.15) is 12.4 Å². The maximum Gasteiger partial charge on any atom is 0.222 e. The molecule has 6 nitrogen and oxygen atoms in total. The van der Waals surface area contributed by atoms with Crippen molar-refractivity contribution < 1.29 is 14.3 Å². The molecule has 34 heavy (non-hydrogen) atoms. The van der Waals surface area contributed by atoms with Crippen LogP contribution in [-0.2, 0) is 24.1 Å². The number of ether oxygens (including phenoxy) is 1. The monoisotopic (exact) mass is 457 g/mol. The van der Waals surface area contributed by atoms with Crippen LogP contribution in [0.4, 0.5) is 0 Å². The molecule has 0 atom stereocenters. The molecule has 0 radical (unpaired) electrons. The molecule has 1 saturated heterocycles. The zero-order chi connectivity index (χ0) is 23.3. The Bertz CT molecular complexity index is 1170. The second-order valence-electron chi connectivity index (χ2n) is 9.29. The van der Waals surface area contributed by atoms with Crippen LogP contribution in [0.15, 0.2) is 48.8 Å². The van der Waals surface area contributed by atoms with E-state index in [-0.39, 0.29) is 11.7 Å². The van der Waals surface area contributed by atoms with Gasteiger partial charge < -0.3 is 9.64 Å². The average Bonchev–Trinajstić information content (AvgIpc) is 3.46. The number of ketones is 1. The third-order valence-electron chi connectivity index (χ3n) is 6.93. The van der Waals surface area contributed by atoms with Crippen molar-refractivity contribution >= 4 is 11.7 Å². The molecule has 1 N–H and O–H groups in total. The lowest BCUT2D eigenvalue weighted by atomic mass is 9.95. The molecule has 1 amide bonds. The van der Waals surface area contributed by atoms with Gasteiger partial charge in [0.2, 0.25) is 5.91 Å². The number of Topliss-reactive ketones (excluding diaryl/α,β-unsaturated/α-hetero) is 1. The van der Waals surface area contributed by atoms with Crippen molar-refractivity contribution in [2.24, 2.45) is 0 Å². The normalized spacial score (nSPS) is 15.8. The highest BCUT2D eigenvalue weighted by molar-refractivity contribution is 6.00. The molecule has 1 aliphatic carbocycles. The number of carbonyl (C=O) groups excluding carboxylic acids is 2. The van der Waals surface area contributed by atoms with Crippen molar-refractivity contribution in [3.05, 3.63) is 71.0 Å². The minimum absolute atomic E-state index is 0.0413. The number of fused-ring (bicyclic) bond motifs is 1. The van der Waals surface area contributed by atoms with Crippen LogP contribution in [0.2, 0.25) is 0 Å². The fourth-order valence-electron chi connectivity index (χ4n) is 5.02.